The van der Waals surface area contributed by atoms with Crippen molar-refractivity contribution >= 4 is 39.1 Å². The van der Waals surface area contributed by atoms with Crippen LogP contribution in [0.1, 0.15) is 13.8 Å². The molecule has 0 unspecified atom stereocenters. The van der Waals surface area contributed by atoms with E-state index in [0.29, 0.717) is 20.9 Å². The summed E-state index contributed by atoms with van der Waals surface area (Å²) in [6.45, 7) is 3.68. The summed E-state index contributed by atoms with van der Waals surface area (Å²) in [6, 6.07) is 3.31. The van der Waals surface area contributed by atoms with Crippen molar-refractivity contribution < 1.29 is 9.53 Å². The molecule has 1 aromatic carbocycles. The Balaban J connectivity index is 2.67. The van der Waals surface area contributed by atoms with Crippen LogP contribution in [0, 0.1) is 0 Å². The molecule has 0 aliphatic heterocycles. The van der Waals surface area contributed by atoms with Gasteiger partial charge in [0.15, 0.2) is 12.4 Å². The van der Waals surface area contributed by atoms with Crippen LogP contribution in [0.3, 0.4) is 0 Å². The highest BCUT2D eigenvalue weighted by Crippen LogP contribution is 2.34. The number of hydrogen-bond acceptors (Lipinski definition) is 3. The Bertz CT molecular complexity index is 401. The third-order valence-electron chi connectivity index (χ3n) is 1.83. The summed E-state index contributed by atoms with van der Waals surface area (Å²) in [5, 5.41) is 3.22. The van der Waals surface area contributed by atoms with Crippen molar-refractivity contribution in [3.63, 3.8) is 0 Å². The zero-order valence-electron chi connectivity index (χ0n) is 9.59. The summed E-state index contributed by atoms with van der Waals surface area (Å²) in [6.07, 6.45) is 0. The number of halogens is 2. The summed E-state index contributed by atoms with van der Waals surface area (Å²) in [4.78, 5) is 11.4. The molecule has 0 aliphatic rings. The standard InChI is InChI=1S/C11H14BrClN2O2/c1-6(2)15-10(16)5-17-11-8(12)3-7(13)4-9(11)14/h3-4,6H,5,14H2,1-2H3,(H,15,16). The molecule has 0 saturated heterocycles. The molecule has 0 spiro atoms. The molecular weight excluding hydrogens is 307 g/mol. The van der Waals surface area contributed by atoms with Gasteiger partial charge < -0.3 is 15.8 Å². The predicted molar refractivity (Wildman–Crippen MR) is 72.3 cm³/mol. The Morgan fingerprint density at radius 1 is 1.59 bits per heavy atom. The topological polar surface area (TPSA) is 64.3 Å². The van der Waals surface area contributed by atoms with Gasteiger partial charge in [0.2, 0.25) is 0 Å². The van der Waals surface area contributed by atoms with E-state index < -0.39 is 0 Å². The molecule has 0 bridgehead atoms. The van der Waals surface area contributed by atoms with Gasteiger partial charge in [-0.1, -0.05) is 11.6 Å². The average molecular weight is 322 g/mol. The van der Waals surface area contributed by atoms with E-state index >= 15 is 0 Å². The highest BCUT2D eigenvalue weighted by Gasteiger charge is 2.10. The molecule has 0 aliphatic carbocycles. The number of nitrogens with two attached hydrogens (primary N) is 1. The monoisotopic (exact) mass is 320 g/mol. The molecule has 4 nitrogen and oxygen atoms in total. The second-order valence-corrected chi connectivity index (χ2v) is 5.11. The van der Waals surface area contributed by atoms with Gasteiger partial charge in [0, 0.05) is 11.1 Å². The Kier molecular flexibility index (Phi) is 5.08. The van der Waals surface area contributed by atoms with Gasteiger partial charge in [-0.3, -0.25) is 4.79 Å². The Morgan fingerprint density at radius 3 is 2.76 bits per heavy atom. The van der Waals surface area contributed by atoms with E-state index in [1.807, 2.05) is 13.8 Å². The first-order valence-corrected chi connectivity index (χ1v) is 6.24. The van der Waals surface area contributed by atoms with Crippen molar-refractivity contribution in [3.8, 4) is 5.75 Å². The molecule has 0 saturated carbocycles. The number of carbonyl (C=O) groups excluding carboxylic acids is 1. The maximum Gasteiger partial charge on any atom is 0.258 e. The predicted octanol–water partition coefficient (Wildman–Crippen LogP) is 2.59. The Hall–Kier alpha value is -0.940. The summed E-state index contributed by atoms with van der Waals surface area (Å²) in [5.41, 5.74) is 6.13. The zero-order valence-corrected chi connectivity index (χ0v) is 11.9. The van der Waals surface area contributed by atoms with Crippen molar-refractivity contribution in [2.24, 2.45) is 0 Å². The Labute approximate surface area is 114 Å². The maximum absolute atomic E-state index is 11.4. The van der Waals surface area contributed by atoms with Crippen LogP contribution in [0.5, 0.6) is 5.75 Å². The van der Waals surface area contributed by atoms with Crippen LogP contribution in [0.25, 0.3) is 0 Å². The second-order valence-electron chi connectivity index (χ2n) is 3.82. The van der Waals surface area contributed by atoms with Gasteiger partial charge in [0.05, 0.1) is 10.2 Å². The number of rotatable bonds is 4. The molecule has 0 heterocycles. The molecule has 0 radical (unpaired) electrons. The molecule has 17 heavy (non-hydrogen) atoms. The van der Waals surface area contributed by atoms with Gasteiger partial charge in [0.25, 0.3) is 5.91 Å². The summed E-state index contributed by atoms with van der Waals surface area (Å²) >= 11 is 9.09. The lowest BCUT2D eigenvalue weighted by atomic mass is 10.3. The van der Waals surface area contributed by atoms with Gasteiger partial charge in [0.1, 0.15) is 0 Å². The largest absolute Gasteiger partial charge is 0.480 e. The van der Waals surface area contributed by atoms with Gasteiger partial charge in [-0.2, -0.15) is 0 Å². The van der Waals surface area contributed by atoms with Crippen LogP contribution in [0.4, 0.5) is 5.69 Å². The fourth-order valence-electron chi connectivity index (χ4n) is 1.23. The Morgan fingerprint density at radius 2 is 2.24 bits per heavy atom. The third kappa shape index (κ3) is 4.44. The fraction of sp³-hybridized carbons (Fsp3) is 0.364. The lowest BCUT2D eigenvalue weighted by molar-refractivity contribution is -0.123. The van der Waals surface area contributed by atoms with E-state index in [2.05, 4.69) is 21.2 Å². The lowest BCUT2D eigenvalue weighted by Crippen LogP contribution is -2.34. The first-order valence-electron chi connectivity index (χ1n) is 5.07. The fourth-order valence-corrected chi connectivity index (χ4v) is 2.18. The van der Waals surface area contributed by atoms with Crippen LogP contribution in [0.15, 0.2) is 16.6 Å². The zero-order chi connectivity index (χ0) is 13.0. The van der Waals surface area contributed by atoms with E-state index in [1.165, 1.54) is 0 Å². The highest BCUT2D eigenvalue weighted by molar-refractivity contribution is 9.10. The number of amides is 1. The minimum absolute atomic E-state index is 0.0807. The number of carbonyl (C=O) groups is 1. The molecule has 1 rings (SSSR count). The van der Waals surface area contributed by atoms with E-state index in [1.54, 1.807) is 12.1 Å². The number of ether oxygens (including phenoxy) is 1. The molecule has 1 amide bonds. The smallest absolute Gasteiger partial charge is 0.258 e. The van der Waals surface area contributed by atoms with Crippen molar-refractivity contribution in [2.45, 2.75) is 19.9 Å². The normalized spacial score (nSPS) is 10.4. The molecular formula is C11H14BrClN2O2. The summed E-state index contributed by atoms with van der Waals surface area (Å²) in [7, 11) is 0. The number of hydrogen-bond donors (Lipinski definition) is 2. The van der Waals surface area contributed by atoms with Crippen LogP contribution >= 0.6 is 27.5 Å². The van der Waals surface area contributed by atoms with Gasteiger partial charge in [-0.15, -0.1) is 0 Å². The third-order valence-corrected chi connectivity index (χ3v) is 2.64. The van der Waals surface area contributed by atoms with Crippen molar-refractivity contribution in [1.29, 1.82) is 0 Å². The molecule has 3 N–H and O–H groups in total. The van der Waals surface area contributed by atoms with Crippen LogP contribution < -0.4 is 15.8 Å². The van der Waals surface area contributed by atoms with Crippen LogP contribution in [0.2, 0.25) is 5.02 Å². The van der Waals surface area contributed by atoms with Crippen LogP contribution in [-0.4, -0.2) is 18.6 Å². The summed E-state index contributed by atoms with van der Waals surface area (Å²) < 4.78 is 5.97. The number of anilines is 1. The number of nitrogens with one attached hydrogen (secondary N) is 1. The van der Waals surface area contributed by atoms with Crippen LogP contribution in [-0.2, 0) is 4.79 Å². The average Bonchev–Trinajstić information content (AvgIpc) is 2.14. The first kappa shape index (κ1) is 14.1. The molecule has 0 fully saturated rings. The molecule has 0 atom stereocenters. The second kappa shape index (κ2) is 6.12. The highest BCUT2D eigenvalue weighted by atomic mass is 79.9. The summed E-state index contributed by atoms with van der Waals surface area (Å²) in [5.74, 6) is 0.231. The van der Waals surface area contributed by atoms with E-state index in [0.717, 1.165) is 0 Å². The van der Waals surface area contributed by atoms with Gasteiger partial charge >= 0.3 is 0 Å². The minimum Gasteiger partial charge on any atom is -0.480 e. The SMILES string of the molecule is CC(C)NC(=O)COc1c(N)cc(Cl)cc1Br. The van der Waals surface area contributed by atoms with Crippen molar-refractivity contribution in [1.82, 2.24) is 5.32 Å². The molecule has 6 heteroatoms. The molecule has 0 aromatic heterocycles. The lowest BCUT2D eigenvalue weighted by Gasteiger charge is -2.12. The quantitative estimate of drug-likeness (QED) is 0.838. The number of nitrogen functional groups attached to an aromatic ring is 1. The van der Waals surface area contributed by atoms with E-state index in [4.69, 9.17) is 22.1 Å². The van der Waals surface area contributed by atoms with Crippen molar-refractivity contribution in [3.05, 3.63) is 21.6 Å². The van der Waals surface area contributed by atoms with E-state index in [9.17, 15) is 4.79 Å². The van der Waals surface area contributed by atoms with Crippen molar-refractivity contribution in [2.75, 3.05) is 12.3 Å². The molecule has 94 valence electrons. The van der Waals surface area contributed by atoms with Gasteiger partial charge in [-0.05, 0) is 41.9 Å². The minimum atomic E-state index is -0.193. The maximum atomic E-state index is 11.4. The first-order chi connectivity index (χ1) is 7.90. The van der Waals surface area contributed by atoms with E-state index in [-0.39, 0.29) is 18.6 Å². The molecule has 1 aromatic rings. The van der Waals surface area contributed by atoms with Gasteiger partial charge in [-0.25, -0.2) is 0 Å². The number of benzene rings is 1.